The zero-order valence-corrected chi connectivity index (χ0v) is 11.1. The van der Waals surface area contributed by atoms with Crippen LogP contribution in [0.25, 0.3) is 11.1 Å². The fraction of sp³-hybridized carbons (Fsp3) is 0.250. The van der Waals surface area contributed by atoms with Crippen molar-refractivity contribution >= 4 is 0 Å². The molecule has 0 aromatic heterocycles. The molecule has 0 saturated heterocycles. The molecule has 0 heterocycles. The molecule has 3 heteroatoms. The van der Waals surface area contributed by atoms with E-state index in [0.717, 1.165) is 29.5 Å². The second-order valence-corrected chi connectivity index (χ2v) is 4.54. The van der Waals surface area contributed by atoms with Crippen molar-refractivity contribution in [1.82, 2.24) is 0 Å². The summed E-state index contributed by atoms with van der Waals surface area (Å²) in [5.41, 5.74) is 3.38. The fourth-order valence-corrected chi connectivity index (χ4v) is 2.36. The van der Waals surface area contributed by atoms with Crippen molar-refractivity contribution in [3.8, 4) is 28.4 Å². The molecule has 0 amide bonds. The predicted molar refractivity (Wildman–Crippen MR) is 75.6 cm³/mol. The number of rotatable bonds is 3. The van der Waals surface area contributed by atoms with Crippen LogP contribution in [0.4, 0.5) is 0 Å². The number of phenolic OH excluding ortho intramolecular Hbond substituents is 3. The van der Waals surface area contributed by atoms with E-state index in [9.17, 15) is 15.3 Å². The first-order chi connectivity index (χ1) is 9.06. The molecule has 0 bridgehead atoms. The lowest BCUT2D eigenvalue weighted by molar-refractivity contribution is 0.452. The van der Waals surface area contributed by atoms with E-state index >= 15 is 0 Å². The van der Waals surface area contributed by atoms with Gasteiger partial charge in [0.05, 0.1) is 0 Å². The first-order valence-corrected chi connectivity index (χ1v) is 6.43. The Labute approximate surface area is 112 Å². The SMILES string of the molecule is CCc1cc(-c2ccc(O)cc2O)cc(O)c1CC. The summed E-state index contributed by atoms with van der Waals surface area (Å²) in [6.07, 6.45) is 1.60. The molecule has 2 aromatic rings. The van der Waals surface area contributed by atoms with Crippen molar-refractivity contribution in [3.63, 3.8) is 0 Å². The highest BCUT2D eigenvalue weighted by Crippen LogP contribution is 2.36. The average Bonchev–Trinajstić information content (AvgIpc) is 2.37. The van der Waals surface area contributed by atoms with Crippen molar-refractivity contribution in [3.05, 3.63) is 41.5 Å². The van der Waals surface area contributed by atoms with Crippen molar-refractivity contribution in [1.29, 1.82) is 0 Å². The summed E-state index contributed by atoms with van der Waals surface area (Å²) in [5, 5.41) is 29.3. The number of hydrogen-bond acceptors (Lipinski definition) is 3. The van der Waals surface area contributed by atoms with Crippen molar-refractivity contribution < 1.29 is 15.3 Å². The first kappa shape index (κ1) is 13.3. The van der Waals surface area contributed by atoms with Gasteiger partial charge < -0.3 is 15.3 Å². The van der Waals surface area contributed by atoms with Crippen LogP contribution in [0.3, 0.4) is 0 Å². The Morgan fingerprint density at radius 3 is 2.16 bits per heavy atom. The molecule has 2 rings (SSSR count). The summed E-state index contributed by atoms with van der Waals surface area (Å²) in [6, 6.07) is 8.09. The number of phenols is 3. The van der Waals surface area contributed by atoms with Gasteiger partial charge in [0.25, 0.3) is 0 Å². The molecule has 0 unspecified atom stereocenters. The largest absolute Gasteiger partial charge is 0.508 e. The lowest BCUT2D eigenvalue weighted by atomic mass is 9.95. The minimum absolute atomic E-state index is 0.00528. The van der Waals surface area contributed by atoms with E-state index in [1.54, 1.807) is 12.1 Å². The maximum atomic E-state index is 10.1. The van der Waals surface area contributed by atoms with Crippen LogP contribution in [0.15, 0.2) is 30.3 Å². The molecule has 0 fully saturated rings. The maximum absolute atomic E-state index is 10.1. The van der Waals surface area contributed by atoms with E-state index in [-0.39, 0.29) is 17.2 Å². The fourth-order valence-electron chi connectivity index (χ4n) is 2.36. The van der Waals surface area contributed by atoms with Gasteiger partial charge in [-0.25, -0.2) is 0 Å². The van der Waals surface area contributed by atoms with Crippen LogP contribution in [0.5, 0.6) is 17.2 Å². The zero-order chi connectivity index (χ0) is 14.0. The van der Waals surface area contributed by atoms with Crippen LogP contribution < -0.4 is 0 Å². The van der Waals surface area contributed by atoms with E-state index in [1.807, 2.05) is 19.9 Å². The Kier molecular flexibility index (Phi) is 3.65. The predicted octanol–water partition coefficient (Wildman–Crippen LogP) is 3.60. The molecule has 3 nitrogen and oxygen atoms in total. The third-order valence-corrected chi connectivity index (χ3v) is 3.35. The van der Waals surface area contributed by atoms with Gasteiger partial charge in [0, 0.05) is 11.6 Å². The van der Waals surface area contributed by atoms with Gasteiger partial charge in [-0.3, -0.25) is 0 Å². The highest BCUT2D eigenvalue weighted by atomic mass is 16.3. The van der Waals surface area contributed by atoms with E-state index in [0.29, 0.717) is 5.56 Å². The van der Waals surface area contributed by atoms with Gasteiger partial charge in [0.2, 0.25) is 0 Å². The molecule has 0 saturated carbocycles. The van der Waals surface area contributed by atoms with Crippen LogP contribution in [-0.2, 0) is 12.8 Å². The first-order valence-electron chi connectivity index (χ1n) is 6.43. The molecule has 100 valence electrons. The van der Waals surface area contributed by atoms with Crippen LogP contribution in [-0.4, -0.2) is 15.3 Å². The van der Waals surface area contributed by atoms with Gasteiger partial charge in [-0.15, -0.1) is 0 Å². The summed E-state index contributed by atoms with van der Waals surface area (Å²) in [4.78, 5) is 0. The molecule has 2 aromatic carbocycles. The van der Waals surface area contributed by atoms with Gasteiger partial charge in [0.1, 0.15) is 17.2 Å². The summed E-state index contributed by atoms with van der Waals surface area (Å²) >= 11 is 0. The summed E-state index contributed by atoms with van der Waals surface area (Å²) in [5.74, 6) is 0.279. The average molecular weight is 258 g/mol. The molecule has 0 aliphatic heterocycles. The zero-order valence-electron chi connectivity index (χ0n) is 11.1. The third kappa shape index (κ3) is 2.50. The number of aromatic hydroxyl groups is 3. The summed E-state index contributed by atoms with van der Waals surface area (Å²) < 4.78 is 0. The Morgan fingerprint density at radius 2 is 1.58 bits per heavy atom. The van der Waals surface area contributed by atoms with Crippen molar-refractivity contribution in [2.75, 3.05) is 0 Å². The van der Waals surface area contributed by atoms with E-state index in [2.05, 4.69) is 0 Å². The van der Waals surface area contributed by atoms with Gasteiger partial charge in [-0.2, -0.15) is 0 Å². The van der Waals surface area contributed by atoms with Crippen LogP contribution in [0.1, 0.15) is 25.0 Å². The number of aryl methyl sites for hydroxylation is 1. The smallest absolute Gasteiger partial charge is 0.127 e. The Morgan fingerprint density at radius 1 is 0.842 bits per heavy atom. The van der Waals surface area contributed by atoms with Gasteiger partial charge in [0.15, 0.2) is 0 Å². The van der Waals surface area contributed by atoms with Gasteiger partial charge in [-0.05, 0) is 47.7 Å². The summed E-state index contributed by atoms with van der Waals surface area (Å²) in [7, 11) is 0. The van der Waals surface area contributed by atoms with Gasteiger partial charge >= 0.3 is 0 Å². The van der Waals surface area contributed by atoms with Crippen LogP contribution >= 0.6 is 0 Å². The standard InChI is InChI=1S/C16H18O3/c1-3-10-7-11(8-15(18)13(10)4-2)14-6-5-12(17)9-16(14)19/h5-9,17-19H,3-4H2,1-2H3. The molecular formula is C16H18O3. The maximum Gasteiger partial charge on any atom is 0.127 e. The van der Waals surface area contributed by atoms with Gasteiger partial charge in [-0.1, -0.05) is 19.9 Å². The van der Waals surface area contributed by atoms with E-state index in [4.69, 9.17) is 0 Å². The molecule has 19 heavy (non-hydrogen) atoms. The third-order valence-electron chi connectivity index (χ3n) is 3.35. The summed E-state index contributed by atoms with van der Waals surface area (Å²) in [6.45, 7) is 4.04. The normalized spacial score (nSPS) is 10.6. The number of benzene rings is 2. The Bertz CT molecular complexity index is 603. The second kappa shape index (κ2) is 5.22. The molecule has 0 atom stereocenters. The van der Waals surface area contributed by atoms with Crippen molar-refractivity contribution in [2.24, 2.45) is 0 Å². The lowest BCUT2D eigenvalue weighted by Crippen LogP contribution is -1.93. The van der Waals surface area contributed by atoms with E-state index < -0.39 is 0 Å². The van der Waals surface area contributed by atoms with E-state index in [1.165, 1.54) is 12.1 Å². The second-order valence-electron chi connectivity index (χ2n) is 4.54. The Balaban J connectivity index is 2.60. The molecule has 0 aliphatic rings. The molecule has 0 radical (unpaired) electrons. The topological polar surface area (TPSA) is 60.7 Å². The molecule has 0 aliphatic carbocycles. The highest BCUT2D eigenvalue weighted by molar-refractivity contribution is 5.73. The number of hydrogen-bond donors (Lipinski definition) is 3. The lowest BCUT2D eigenvalue weighted by Gasteiger charge is -2.13. The quantitative estimate of drug-likeness (QED) is 0.788. The van der Waals surface area contributed by atoms with Crippen LogP contribution in [0.2, 0.25) is 0 Å². The minimum atomic E-state index is 0.00528. The highest BCUT2D eigenvalue weighted by Gasteiger charge is 2.11. The van der Waals surface area contributed by atoms with Crippen molar-refractivity contribution in [2.45, 2.75) is 26.7 Å². The molecule has 3 N–H and O–H groups in total. The molecule has 0 spiro atoms. The Hall–Kier alpha value is -2.16. The monoisotopic (exact) mass is 258 g/mol. The van der Waals surface area contributed by atoms with Crippen LogP contribution in [0, 0.1) is 0 Å². The molecular weight excluding hydrogens is 240 g/mol. The minimum Gasteiger partial charge on any atom is -0.508 e.